The van der Waals surface area contributed by atoms with Crippen LogP contribution in [0.3, 0.4) is 0 Å². The molecule has 1 saturated heterocycles. The van der Waals surface area contributed by atoms with E-state index in [-0.39, 0.29) is 17.6 Å². The molecule has 2 amide bonds. The smallest absolute Gasteiger partial charge is 0.233 e. The van der Waals surface area contributed by atoms with E-state index in [1.54, 1.807) is 11.8 Å². The Bertz CT molecular complexity index is 362. The van der Waals surface area contributed by atoms with Crippen molar-refractivity contribution in [1.82, 2.24) is 10.2 Å². The Hall–Kier alpha value is -1.79. The summed E-state index contributed by atoms with van der Waals surface area (Å²) in [5.41, 5.74) is 5.44. The molecule has 1 unspecified atom stereocenters. The summed E-state index contributed by atoms with van der Waals surface area (Å²) in [6.45, 7) is 5.07. The fraction of sp³-hybridized carbons (Fsp3) is 0.750. The summed E-state index contributed by atoms with van der Waals surface area (Å²) in [6, 6.07) is 0. The van der Waals surface area contributed by atoms with Crippen molar-refractivity contribution in [3.63, 3.8) is 0 Å². The Morgan fingerprint density at radius 1 is 1.47 bits per heavy atom. The quantitative estimate of drug-likeness (QED) is 0.283. The third kappa shape index (κ3) is 4.42. The van der Waals surface area contributed by atoms with E-state index in [1.807, 2.05) is 0 Å². The lowest BCUT2D eigenvalue weighted by Gasteiger charge is -2.33. The second-order valence-corrected chi connectivity index (χ2v) is 4.95. The Kier molecular flexibility index (Phi) is 5.59. The largest absolute Gasteiger partial charge is 0.409 e. The average molecular weight is 270 g/mol. The molecule has 1 aliphatic heterocycles. The first-order valence-electron chi connectivity index (χ1n) is 6.46. The van der Waals surface area contributed by atoms with Gasteiger partial charge >= 0.3 is 0 Å². The van der Waals surface area contributed by atoms with Crippen LogP contribution in [0.15, 0.2) is 5.16 Å². The number of amidine groups is 1. The molecule has 0 bridgehead atoms. The second kappa shape index (κ2) is 6.96. The summed E-state index contributed by atoms with van der Waals surface area (Å²) in [5, 5.41) is 14.2. The molecule has 19 heavy (non-hydrogen) atoms. The molecule has 7 heteroatoms. The van der Waals surface area contributed by atoms with Crippen molar-refractivity contribution in [3.05, 3.63) is 0 Å². The first kappa shape index (κ1) is 15.3. The molecule has 1 fully saturated rings. The van der Waals surface area contributed by atoms with Crippen molar-refractivity contribution >= 4 is 17.6 Å². The van der Waals surface area contributed by atoms with Crippen molar-refractivity contribution in [2.45, 2.75) is 26.7 Å². The van der Waals surface area contributed by atoms with Gasteiger partial charge in [0.25, 0.3) is 0 Å². The topological polar surface area (TPSA) is 108 Å². The third-order valence-corrected chi connectivity index (χ3v) is 3.50. The molecule has 1 atom stereocenters. The highest BCUT2D eigenvalue weighted by atomic mass is 16.4. The maximum absolute atomic E-state index is 12.1. The van der Waals surface area contributed by atoms with Crippen LogP contribution in [0, 0.1) is 11.8 Å². The molecule has 0 aromatic heterocycles. The summed E-state index contributed by atoms with van der Waals surface area (Å²) in [7, 11) is 0. The normalized spacial score (nSPS) is 19.1. The number of amides is 2. The van der Waals surface area contributed by atoms with Crippen LogP contribution in [0.2, 0.25) is 0 Å². The van der Waals surface area contributed by atoms with Crippen molar-refractivity contribution in [3.8, 4) is 0 Å². The number of likely N-dealkylation sites (tertiary alicyclic amines) is 1. The van der Waals surface area contributed by atoms with Crippen LogP contribution in [0.1, 0.15) is 26.7 Å². The number of oxime groups is 1. The fourth-order valence-electron chi connectivity index (χ4n) is 2.13. The van der Waals surface area contributed by atoms with E-state index in [0.29, 0.717) is 25.6 Å². The van der Waals surface area contributed by atoms with Crippen molar-refractivity contribution in [2.75, 3.05) is 19.6 Å². The van der Waals surface area contributed by atoms with Crippen molar-refractivity contribution in [2.24, 2.45) is 22.7 Å². The van der Waals surface area contributed by atoms with Gasteiger partial charge in [0.15, 0.2) is 5.84 Å². The molecule has 7 nitrogen and oxygen atoms in total. The van der Waals surface area contributed by atoms with Gasteiger partial charge in [-0.05, 0) is 25.7 Å². The van der Waals surface area contributed by atoms with E-state index in [0.717, 1.165) is 12.8 Å². The average Bonchev–Trinajstić information content (AvgIpc) is 2.43. The van der Waals surface area contributed by atoms with E-state index < -0.39 is 5.92 Å². The maximum Gasteiger partial charge on any atom is 0.233 e. The van der Waals surface area contributed by atoms with Crippen LogP contribution in [0.5, 0.6) is 0 Å². The zero-order chi connectivity index (χ0) is 14.4. The van der Waals surface area contributed by atoms with Crippen LogP contribution in [0.4, 0.5) is 0 Å². The second-order valence-electron chi connectivity index (χ2n) is 4.95. The maximum atomic E-state index is 12.1. The first-order chi connectivity index (χ1) is 8.95. The van der Waals surface area contributed by atoms with E-state index in [1.165, 1.54) is 6.92 Å². The minimum absolute atomic E-state index is 0.0286. The number of hydrogen-bond acceptors (Lipinski definition) is 4. The van der Waals surface area contributed by atoms with Crippen LogP contribution in [-0.4, -0.2) is 47.4 Å². The number of hydrogen-bond donors (Lipinski definition) is 3. The number of nitrogens with one attached hydrogen (secondary N) is 1. The van der Waals surface area contributed by atoms with Gasteiger partial charge in [0.05, 0.1) is 5.92 Å². The number of piperidine rings is 1. The minimum Gasteiger partial charge on any atom is -0.409 e. The SMILES string of the molecule is CC(=O)NCC1CCN(C(=O)C(C)C(N)=NO)CC1. The van der Waals surface area contributed by atoms with Crippen LogP contribution in [0.25, 0.3) is 0 Å². The highest BCUT2D eigenvalue weighted by Crippen LogP contribution is 2.18. The van der Waals surface area contributed by atoms with Gasteiger partial charge in [-0.15, -0.1) is 0 Å². The lowest BCUT2D eigenvalue weighted by Crippen LogP contribution is -2.45. The van der Waals surface area contributed by atoms with E-state index in [9.17, 15) is 9.59 Å². The number of carbonyl (C=O) groups is 2. The zero-order valence-corrected chi connectivity index (χ0v) is 11.4. The summed E-state index contributed by atoms with van der Waals surface area (Å²) >= 11 is 0. The molecule has 0 aromatic rings. The van der Waals surface area contributed by atoms with Gasteiger partial charge in [-0.25, -0.2) is 0 Å². The fourth-order valence-corrected chi connectivity index (χ4v) is 2.13. The predicted octanol–water partition coefficient (Wildman–Crippen LogP) is -0.256. The lowest BCUT2D eigenvalue weighted by molar-refractivity contribution is -0.134. The summed E-state index contributed by atoms with van der Waals surface area (Å²) in [4.78, 5) is 24.6. The number of carbonyl (C=O) groups excluding carboxylic acids is 2. The molecule has 4 N–H and O–H groups in total. The van der Waals surface area contributed by atoms with E-state index >= 15 is 0 Å². The van der Waals surface area contributed by atoms with Crippen LogP contribution in [-0.2, 0) is 9.59 Å². The number of rotatable bonds is 4. The molecule has 108 valence electrons. The minimum atomic E-state index is -0.600. The molecule has 0 saturated carbocycles. The predicted molar refractivity (Wildman–Crippen MR) is 70.6 cm³/mol. The number of nitrogens with zero attached hydrogens (tertiary/aromatic N) is 2. The Balaban J connectivity index is 2.41. The van der Waals surface area contributed by atoms with Gasteiger partial charge in [0.2, 0.25) is 11.8 Å². The molecular weight excluding hydrogens is 248 g/mol. The molecule has 1 aliphatic rings. The first-order valence-corrected chi connectivity index (χ1v) is 6.46. The molecule has 0 radical (unpaired) electrons. The molecular formula is C12H22N4O3. The Labute approximate surface area is 112 Å². The highest BCUT2D eigenvalue weighted by Gasteiger charge is 2.27. The van der Waals surface area contributed by atoms with Crippen molar-refractivity contribution < 1.29 is 14.8 Å². The highest BCUT2D eigenvalue weighted by molar-refractivity contribution is 6.01. The van der Waals surface area contributed by atoms with Gasteiger partial charge in [0, 0.05) is 26.6 Å². The Morgan fingerprint density at radius 2 is 2.05 bits per heavy atom. The molecule has 0 aliphatic carbocycles. The van der Waals surface area contributed by atoms with E-state index in [4.69, 9.17) is 10.9 Å². The van der Waals surface area contributed by atoms with Crippen LogP contribution < -0.4 is 11.1 Å². The van der Waals surface area contributed by atoms with Gasteiger partial charge in [0.1, 0.15) is 0 Å². The zero-order valence-electron chi connectivity index (χ0n) is 11.4. The molecule has 1 heterocycles. The summed E-state index contributed by atoms with van der Waals surface area (Å²) in [6.07, 6.45) is 1.71. The van der Waals surface area contributed by atoms with Crippen LogP contribution >= 0.6 is 0 Å². The number of nitrogens with two attached hydrogens (primary N) is 1. The standard InChI is InChI=1S/C12H22N4O3/c1-8(11(13)15-19)12(18)16-5-3-10(4-6-16)7-14-9(2)17/h8,10,19H,3-7H2,1-2H3,(H2,13,15)(H,14,17). The van der Waals surface area contributed by atoms with Gasteiger partial charge in [-0.2, -0.15) is 0 Å². The molecule has 0 spiro atoms. The summed E-state index contributed by atoms with van der Waals surface area (Å²) < 4.78 is 0. The van der Waals surface area contributed by atoms with Gasteiger partial charge in [-0.3, -0.25) is 9.59 Å². The Morgan fingerprint density at radius 3 is 2.53 bits per heavy atom. The molecule has 0 aromatic carbocycles. The monoisotopic (exact) mass is 270 g/mol. The lowest BCUT2D eigenvalue weighted by atomic mass is 9.95. The summed E-state index contributed by atoms with van der Waals surface area (Å²) in [5.74, 6) is -0.401. The van der Waals surface area contributed by atoms with Gasteiger partial charge in [-0.1, -0.05) is 5.16 Å². The van der Waals surface area contributed by atoms with Gasteiger partial charge < -0.3 is 21.2 Å². The molecule has 1 rings (SSSR count). The third-order valence-electron chi connectivity index (χ3n) is 3.50. The van der Waals surface area contributed by atoms with E-state index in [2.05, 4.69) is 10.5 Å². The van der Waals surface area contributed by atoms with Crippen molar-refractivity contribution in [1.29, 1.82) is 0 Å².